The number of likely N-dealkylation sites (tertiary alicyclic amines) is 1. The van der Waals surface area contributed by atoms with Crippen LogP contribution in [0.1, 0.15) is 33.6 Å². The Hall–Kier alpha value is -3.64. The highest BCUT2D eigenvalue weighted by Gasteiger charge is 2.42. The molecule has 0 spiro atoms. The lowest BCUT2D eigenvalue weighted by atomic mass is 9.99. The summed E-state index contributed by atoms with van der Waals surface area (Å²) < 4.78 is 40.3. The molecule has 1 aromatic carbocycles. The molecule has 1 saturated heterocycles. The Kier molecular flexibility index (Phi) is 5.06. The number of aliphatic hydroxyl groups is 1. The van der Waals surface area contributed by atoms with Crippen LogP contribution in [0, 0.1) is 11.8 Å². The Morgan fingerprint density at radius 1 is 1.31 bits per heavy atom. The summed E-state index contributed by atoms with van der Waals surface area (Å²) in [4.78, 5) is 29.6. The van der Waals surface area contributed by atoms with Crippen LogP contribution in [0.15, 0.2) is 36.4 Å². The lowest BCUT2D eigenvalue weighted by molar-refractivity contribution is -0.137. The number of carbonyl (C=O) groups is 2. The largest absolute Gasteiger partial charge is 0.416 e. The number of hydrogen-bond donors (Lipinski definition) is 2. The molecule has 32 heavy (non-hydrogen) atoms. The minimum atomic E-state index is -4.58. The van der Waals surface area contributed by atoms with Crippen LogP contribution in [0.5, 0.6) is 0 Å². The van der Waals surface area contributed by atoms with E-state index in [1.54, 1.807) is 31.3 Å². The molecule has 1 fully saturated rings. The summed E-state index contributed by atoms with van der Waals surface area (Å²) in [7, 11) is 1.57. The number of rotatable bonds is 2. The van der Waals surface area contributed by atoms with Crippen molar-refractivity contribution in [1.82, 2.24) is 9.88 Å². The number of carbonyl (C=O) groups excluding carboxylic acids is 2. The number of allylic oxidation sites excluding steroid dienone is 2. The van der Waals surface area contributed by atoms with E-state index in [2.05, 4.69) is 16.8 Å². The number of nitrogens with zero attached hydrogens (tertiary/aromatic N) is 2. The minimum Gasteiger partial charge on any atom is -0.369 e. The fourth-order valence-corrected chi connectivity index (χ4v) is 3.85. The number of amides is 2. The number of primary amides is 1. The highest BCUT2D eigenvalue weighted by atomic mass is 19.4. The van der Waals surface area contributed by atoms with Gasteiger partial charge in [-0.1, -0.05) is 30.0 Å². The molecule has 164 valence electrons. The van der Waals surface area contributed by atoms with Gasteiger partial charge in [0.05, 0.1) is 11.3 Å². The van der Waals surface area contributed by atoms with Crippen LogP contribution in [0.25, 0.3) is 16.8 Å². The average Bonchev–Trinajstić information content (AvgIpc) is 3.29. The van der Waals surface area contributed by atoms with Crippen LogP contribution >= 0.6 is 0 Å². The van der Waals surface area contributed by atoms with Crippen LogP contribution in [0.3, 0.4) is 0 Å². The van der Waals surface area contributed by atoms with Gasteiger partial charge < -0.3 is 15.7 Å². The molecule has 1 aromatic heterocycles. The van der Waals surface area contributed by atoms with Gasteiger partial charge in [-0.25, -0.2) is 4.98 Å². The third-order valence-electron chi connectivity index (χ3n) is 5.55. The number of aromatic nitrogens is 1. The molecule has 1 atom stereocenters. The van der Waals surface area contributed by atoms with E-state index in [9.17, 15) is 27.9 Å². The van der Waals surface area contributed by atoms with Gasteiger partial charge >= 0.3 is 6.18 Å². The number of alkyl halides is 3. The second-order valence-electron chi connectivity index (χ2n) is 7.73. The fourth-order valence-electron chi connectivity index (χ4n) is 3.85. The monoisotopic (exact) mass is 441 g/mol. The topological polar surface area (TPSA) is 96.5 Å². The van der Waals surface area contributed by atoms with Gasteiger partial charge in [0.15, 0.2) is 0 Å². The Balaban J connectivity index is 1.76. The number of benzene rings is 1. The Labute approximate surface area is 181 Å². The first kappa shape index (κ1) is 21.6. The van der Waals surface area contributed by atoms with E-state index < -0.39 is 29.2 Å². The van der Waals surface area contributed by atoms with Gasteiger partial charge in [-0.15, -0.1) is 0 Å². The SMILES string of the molecule is CN1CC[C@@](O)(C#Cc2cccc(-c3cc4c(c(C(N)=O)n3)CC=C4C(F)(F)F)c2)C1=O. The molecule has 4 rings (SSSR count). The molecule has 3 N–H and O–H groups in total. The number of nitrogens with two attached hydrogens (primary N) is 1. The quantitative estimate of drug-likeness (QED) is 0.699. The summed E-state index contributed by atoms with van der Waals surface area (Å²) >= 11 is 0. The first-order valence-corrected chi connectivity index (χ1v) is 9.72. The molecular weight excluding hydrogens is 423 g/mol. The van der Waals surface area contributed by atoms with Crippen LogP contribution in [0.4, 0.5) is 13.2 Å². The Morgan fingerprint density at radius 3 is 2.69 bits per heavy atom. The van der Waals surface area contributed by atoms with Gasteiger partial charge in [0, 0.05) is 31.1 Å². The molecule has 0 saturated carbocycles. The molecule has 1 aliphatic carbocycles. The van der Waals surface area contributed by atoms with Crippen LogP contribution in [-0.4, -0.2) is 52.2 Å². The van der Waals surface area contributed by atoms with Gasteiger partial charge in [-0.3, -0.25) is 9.59 Å². The average molecular weight is 441 g/mol. The fraction of sp³-hybridized carbons (Fsp3) is 0.261. The molecule has 0 radical (unpaired) electrons. The van der Waals surface area contributed by atoms with Crippen molar-refractivity contribution in [3.05, 3.63) is 58.8 Å². The normalized spacial score (nSPS) is 20.0. The first-order valence-electron chi connectivity index (χ1n) is 9.72. The van der Waals surface area contributed by atoms with E-state index in [1.807, 2.05) is 0 Å². The molecule has 9 heteroatoms. The smallest absolute Gasteiger partial charge is 0.369 e. The maximum atomic E-state index is 13.4. The van der Waals surface area contributed by atoms with Crippen molar-refractivity contribution >= 4 is 17.4 Å². The third-order valence-corrected chi connectivity index (χ3v) is 5.55. The molecule has 2 aromatic rings. The van der Waals surface area contributed by atoms with Crippen molar-refractivity contribution < 1.29 is 27.9 Å². The standard InChI is InChI=1S/C23H18F3N3O3/c1-29-10-9-22(32,21(29)31)8-7-13-3-2-4-14(11-13)18-12-16-15(19(28-18)20(27)30)5-6-17(16)23(24,25)26/h2-4,6,11-12,32H,5,9-10H2,1H3,(H2,27,30)/t22-/m0/s1. The molecule has 6 nitrogen and oxygen atoms in total. The lowest BCUT2D eigenvalue weighted by Gasteiger charge is -2.14. The van der Waals surface area contributed by atoms with E-state index in [0.717, 1.165) is 6.08 Å². The first-order chi connectivity index (χ1) is 15.0. The number of pyridine rings is 1. The van der Waals surface area contributed by atoms with Gasteiger partial charge in [0.25, 0.3) is 11.8 Å². The number of fused-ring (bicyclic) bond motifs is 1. The molecule has 0 bridgehead atoms. The van der Waals surface area contributed by atoms with Gasteiger partial charge in [0.1, 0.15) is 5.69 Å². The predicted molar refractivity (Wildman–Crippen MR) is 110 cm³/mol. The van der Waals surface area contributed by atoms with E-state index in [1.165, 1.54) is 11.0 Å². The summed E-state index contributed by atoms with van der Waals surface area (Å²) in [6, 6.07) is 7.70. The van der Waals surface area contributed by atoms with Crippen molar-refractivity contribution in [2.75, 3.05) is 13.6 Å². The summed E-state index contributed by atoms with van der Waals surface area (Å²) in [5.41, 5.74) is 3.56. The summed E-state index contributed by atoms with van der Waals surface area (Å²) in [5.74, 6) is 3.94. The zero-order valence-corrected chi connectivity index (χ0v) is 17.0. The van der Waals surface area contributed by atoms with Crippen molar-refractivity contribution in [1.29, 1.82) is 0 Å². The van der Waals surface area contributed by atoms with Crippen LogP contribution in [-0.2, 0) is 11.2 Å². The molecular formula is C23H18F3N3O3. The van der Waals surface area contributed by atoms with E-state index in [-0.39, 0.29) is 35.4 Å². The minimum absolute atomic E-state index is 0.0810. The molecule has 1 aliphatic heterocycles. The number of halogens is 3. The van der Waals surface area contributed by atoms with Gasteiger partial charge in [-0.05, 0) is 35.7 Å². The van der Waals surface area contributed by atoms with Crippen molar-refractivity contribution in [2.24, 2.45) is 5.73 Å². The highest BCUT2D eigenvalue weighted by Crippen LogP contribution is 2.41. The molecule has 2 amide bonds. The van der Waals surface area contributed by atoms with E-state index in [0.29, 0.717) is 17.7 Å². The maximum absolute atomic E-state index is 13.4. The van der Waals surface area contributed by atoms with Crippen molar-refractivity contribution in [3.63, 3.8) is 0 Å². The number of hydrogen-bond acceptors (Lipinski definition) is 4. The van der Waals surface area contributed by atoms with Crippen LogP contribution in [0.2, 0.25) is 0 Å². The van der Waals surface area contributed by atoms with Crippen molar-refractivity contribution in [3.8, 4) is 23.1 Å². The predicted octanol–water partition coefficient (Wildman–Crippen LogP) is 2.29. The van der Waals surface area contributed by atoms with E-state index >= 15 is 0 Å². The highest BCUT2D eigenvalue weighted by molar-refractivity contribution is 5.96. The molecule has 2 aliphatic rings. The zero-order valence-electron chi connectivity index (χ0n) is 17.0. The lowest BCUT2D eigenvalue weighted by Crippen LogP contribution is -2.37. The number of likely N-dealkylation sites (N-methyl/N-ethyl adjacent to an activating group) is 1. The Morgan fingerprint density at radius 2 is 2.06 bits per heavy atom. The molecule has 2 heterocycles. The Bertz CT molecular complexity index is 1240. The third kappa shape index (κ3) is 3.74. The van der Waals surface area contributed by atoms with Gasteiger partial charge in [-0.2, -0.15) is 13.2 Å². The van der Waals surface area contributed by atoms with E-state index in [4.69, 9.17) is 5.73 Å². The van der Waals surface area contributed by atoms with Crippen molar-refractivity contribution in [2.45, 2.75) is 24.6 Å². The van der Waals surface area contributed by atoms with Crippen LogP contribution < -0.4 is 5.73 Å². The summed E-state index contributed by atoms with van der Waals surface area (Å²) in [6.07, 6.45) is -3.47. The second kappa shape index (κ2) is 7.50. The summed E-state index contributed by atoms with van der Waals surface area (Å²) in [6.45, 7) is 0.383. The second-order valence-corrected chi connectivity index (χ2v) is 7.73. The zero-order chi connectivity index (χ0) is 23.3. The summed E-state index contributed by atoms with van der Waals surface area (Å²) in [5, 5.41) is 10.4. The molecule has 0 unspecified atom stereocenters. The van der Waals surface area contributed by atoms with Gasteiger partial charge in [0.2, 0.25) is 5.60 Å². The maximum Gasteiger partial charge on any atom is 0.416 e.